The molecular formula is C13H14N4O4. The fraction of sp³-hybridized carbons (Fsp3) is 0.231. The van der Waals surface area contributed by atoms with E-state index < -0.39 is 18.0 Å². The number of benzene rings is 1. The Balaban J connectivity index is 1.97. The van der Waals surface area contributed by atoms with Crippen LogP contribution in [0.5, 0.6) is 0 Å². The van der Waals surface area contributed by atoms with Crippen molar-refractivity contribution in [3.05, 3.63) is 35.5 Å². The topological polar surface area (TPSA) is 120 Å². The zero-order valence-corrected chi connectivity index (χ0v) is 11.5. The van der Waals surface area contributed by atoms with Gasteiger partial charge in [-0.15, -0.1) is 0 Å². The zero-order valence-electron chi connectivity index (χ0n) is 11.5. The Bertz CT molecular complexity index is 668. The van der Waals surface area contributed by atoms with Gasteiger partial charge in [0.1, 0.15) is 0 Å². The van der Waals surface area contributed by atoms with Gasteiger partial charge in [-0.05, 0) is 41.9 Å². The van der Waals surface area contributed by atoms with Crippen molar-refractivity contribution < 1.29 is 19.0 Å². The van der Waals surface area contributed by atoms with Gasteiger partial charge in [-0.2, -0.15) is 0 Å². The molecule has 8 heteroatoms. The lowest BCUT2D eigenvalue weighted by atomic mass is 10.2. The quantitative estimate of drug-likeness (QED) is 0.810. The Morgan fingerprint density at radius 3 is 2.76 bits per heavy atom. The summed E-state index contributed by atoms with van der Waals surface area (Å²) >= 11 is 0. The van der Waals surface area contributed by atoms with E-state index in [1.165, 1.54) is 6.92 Å². The van der Waals surface area contributed by atoms with Crippen LogP contribution in [0, 0.1) is 6.92 Å². The molecule has 8 nitrogen and oxygen atoms in total. The molecule has 0 spiro atoms. The minimum atomic E-state index is -1.02. The van der Waals surface area contributed by atoms with Crippen molar-refractivity contribution in [2.24, 2.45) is 0 Å². The van der Waals surface area contributed by atoms with Gasteiger partial charge in [0.15, 0.2) is 6.10 Å². The molecule has 0 bridgehead atoms. The molecule has 0 saturated carbocycles. The number of carbonyl (C=O) groups is 2. The van der Waals surface area contributed by atoms with Crippen LogP contribution in [0.25, 0.3) is 0 Å². The maximum absolute atomic E-state index is 11.9. The molecule has 0 saturated heterocycles. The Morgan fingerprint density at radius 1 is 1.38 bits per heavy atom. The van der Waals surface area contributed by atoms with Crippen molar-refractivity contribution in [3.63, 3.8) is 0 Å². The van der Waals surface area contributed by atoms with E-state index in [4.69, 9.17) is 10.5 Å². The van der Waals surface area contributed by atoms with Crippen LogP contribution in [-0.2, 0) is 9.53 Å². The van der Waals surface area contributed by atoms with Gasteiger partial charge in [-0.1, -0.05) is 12.1 Å². The van der Waals surface area contributed by atoms with Crippen molar-refractivity contribution >= 4 is 23.4 Å². The first-order valence-electron chi connectivity index (χ1n) is 6.14. The molecule has 0 fully saturated rings. The normalized spacial score (nSPS) is 11.7. The van der Waals surface area contributed by atoms with Crippen LogP contribution in [0.15, 0.2) is 28.9 Å². The number of nitrogens with one attached hydrogen (secondary N) is 1. The van der Waals surface area contributed by atoms with E-state index in [-0.39, 0.29) is 11.5 Å². The maximum Gasteiger partial charge on any atom is 0.365 e. The van der Waals surface area contributed by atoms with Crippen molar-refractivity contribution in [3.8, 4) is 0 Å². The predicted octanol–water partition coefficient (Wildman–Crippen LogP) is 1.14. The molecular weight excluding hydrogens is 276 g/mol. The van der Waals surface area contributed by atoms with Crippen molar-refractivity contribution in [1.29, 1.82) is 0 Å². The average molecular weight is 290 g/mol. The Kier molecular flexibility index (Phi) is 4.17. The number of esters is 1. The summed E-state index contributed by atoms with van der Waals surface area (Å²) in [4.78, 5) is 23.6. The first-order chi connectivity index (χ1) is 9.97. The number of hydrogen-bond donors (Lipinski definition) is 2. The van der Waals surface area contributed by atoms with Crippen LogP contribution >= 0.6 is 0 Å². The Labute approximate surface area is 120 Å². The summed E-state index contributed by atoms with van der Waals surface area (Å²) in [7, 11) is 0. The summed E-state index contributed by atoms with van der Waals surface area (Å²) in [6, 6.07) is 7.24. The van der Waals surface area contributed by atoms with E-state index in [1.54, 1.807) is 12.1 Å². The molecule has 110 valence electrons. The standard InChI is InChI=1S/C13H14N4O4/c1-7-4-3-5-9(6-7)15-12(18)8(2)20-13(19)10-11(14)17-21-16-10/h3-6,8H,1-2H3,(H2,14,17)(H,15,18)/t8-/m1/s1. The molecule has 0 aliphatic rings. The van der Waals surface area contributed by atoms with E-state index in [0.717, 1.165) is 5.56 Å². The summed E-state index contributed by atoms with van der Waals surface area (Å²) < 4.78 is 9.24. The van der Waals surface area contributed by atoms with Gasteiger partial charge in [0, 0.05) is 5.69 Å². The molecule has 1 aromatic carbocycles. The highest BCUT2D eigenvalue weighted by Crippen LogP contribution is 2.12. The molecule has 0 radical (unpaired) electrons. The number of nitrogens with zero attached hydrogens (tertiary/aromatic N) is 2. The lowest BCUT2D eigenvalue weighted by Gasteiger charge is -2.12. The molecule has 21 heavy (non-hydrogen) atoms. The summed E-state index contributed by atoms with van der Waals surface area (Å²) in [5, 5.41) is 9.20. The summed E-state index contributed by atoms with van der Waals surface area (Å²) in [6.45, 7) is 3.34. The fourth-order valence-corrected chi connectivity index (χ4v) is 1.57. The molecule has 1 aromatic heterocycles. The number of anilines is 2. The number of carbonyl (C=O) groups excluding carboxylic acids is 2. The smallest absolute Gasteiger partial charge is 0.365 e. The highest BCUT2D eigenvalue weighted by molar-refractivity contribution is 5.97. The van der Waals surface area contributed by atoms with Crippen LogP contribution in [0.3, 0.4) is 0 Å². The van der Waals surface area contributed by atoms with Crippen LogP contribution in [0.2, 0.25) is 0 Å². The van der Waals surface area contributed by atoms with Gasteiger partial charge in [-0.3, -0.25) is 4.79 Å². The fourth-order valence-electron chi connectivity index (χ4n) is 1.57. The SMILES string of the molecule is Cc1cccc(NC(=O)[C@@H](C)OC(=O)c2nonc2N)c1. The molecule has 3 N–H and O–H groups in total. The van der Waals surface area contributed by atoms with Gasteiger partial charge in [-0.25, -0.2) is 9.42 Å². The second-order valence-electron chi connectivity index (χ2n) is 4.40. The van der Waals surface area contributed by atoms with E-state index in [0.29, 0.717) is 5.69 Å². The molecule has 0 aliphatic heterocycles. The highest BCUT2D eigenvalue weighted by Gasteiger charge is 2.23. The largest absolute Gasteiger partial charge is 0.448 e. The highest BCUT2D eigenvalue weighted by atomic mass is 16.6. The number of nitrogens with two attached hydrogens (primary N) is 1. The van der Waals surface area contributed by atoms with Crippen LogP contribution in [-0.4, -0.2) is 28.3 Å². The second kappa shape index (κ2) is 6.04. The van der Waals surface area contributed by atoms with E-state index >= 15 is 0 Å². The molecule has 1 amide bonds. The third kappa shape index (κ3) is 3.56. The van der Waals surface area contributed by atoms with Gasteiger partial charge >= 0.3 is 5.97 Å². The lowest BCUT2D eigenvalue weighted by Crippen LogP contribution is -2.30. The van der Waals surface area contributed by atoms with Gasteiger partial charge in [0.25, 0.3) is 5.91 Å². The van der Waals surface area contributed by atoms with Crippen molar-refractivity contribution in [1.82, 2.24) is 10.3 Å². The third-order valence-electron chi connectivity index (χ3n) is 2.65. The molecule has 2 rings (SSSR count). The summed E-state index contributed by atoms with van der Waals surface area (Å²) in [6.07, 6.45) is -1.02. The first-order valence-corrected chi connectivity index (χ1v) is 6.14. The average Bonchev–Trinajstić information content (AvgIpc) is 2.85. The summed E-state index contributed by atoms with van der Waals surface area (Å²) in [5.74, 6) is -1.53. The number of nitrogen functional groups attached to an aromatic ring is 1. The molecule has 0 unspecified atom stereocenters. The monoisotopic (exact) mass is 290 g/mol. The number of aromatic nitrogens is 2. The third-order valence-corrected chi connectivity index (χ3v) is 2.65. The number of rotatable bonds is 4. The first kappa shape index (κ1) is 14.5. The van der Waals surface area contributed by atoms with Crippen molar-refractivity contribution in [2.45, 2.75) is 20.0 Å². The second-order valence-corrected chi connectivity index (χ2v) is 4.40. The zero-order chi connectivity index (χ0) is 15.4. The van der Waals surface area contributed by atoms with Crippen LogP contribution < -0.4 is 11.1 Å². The number of ether oxygens (including phenoxy) is 1. The van der Waals surface area contributed by atoms with Crippen LogP contribution in [0.1, 0.15) is 23.0 Å². The van der Waals surface area contributed by atoms with Gasteiger partial charge in [0.2, 0.25) is 11.5 Å². The van der Waals surface area contributed by atoms with E-state index in [2.05, 4.69) is 20.3 Å². The van der Waals surface area contributed by atoms with Gasteiger partial charge in [0.05, 0.1) is 0 Å². The van der Waals surface area contributed by atoms with Crippen molar-refractivity contribution in [2.75, 3.05) is 11.1 Å². The Morgan fingerprint density at radius 2 is 2.14 bits per heavy atom. The number of amides is 1. The Hall–Kier alpha value is -2.90. The van der Waals surface area contributed by atoms with E-state index in [9.17, 15) is 9.59 Å². The number of hydrogen-bond acceptors (Lipinski definition) is 7. The molecule has 1 heterocycles. The molecule has 0 aliphatic carbocycles. The maximum atomic E-state index is 11.9. The molecule has 2 aromatic rings. The predicted molar refractivity (Wildman–Crippen MR) is 73.4 cm³/mol. The van der Waals surface area contributed by atoms with Crippen LogP contribution in [0.4, 0.5) is 11.5 Å². The number of aryl methyl sites for hydroxylation is 1. The minimum absolute atomic E-state index is 0.189. The molecule has 1 atom stereocenters. The van der Waals surface area contributed by atoms with Gasteiger partial charge < -0.3 is 15.8 Å². The van der Waals surface area contributed by atoms with E-state index in [1.807, 2.05) is 19.1 Å². The summed E-state index contributed by atoms with van der Waals surface area (Å²) in [5.41, 5.74) is 6.72. The minimum Gasteiger partial charge on any atom is -0.448 e. The lowest BCUT2D eigenvalue weighted by molar-refractivity contribution is -0.123.